The second kappa shape index (κ2) is 12.5. The van der Waals surface area contributed by atoms with Gasteiger partial charge in [-0.05, 0) is 57.4 Å². The van der Waals surface area contributed by atoms with Crippen molar-refractivity contribution in [1.29, 1.82) is 0 Å². The van der Waals surface area contributed by atoms with Gasteiger partial charge in [0.15, 0.2) is 5.75 Å². The average molecular weight is 460 g/mol. The second-order valence-electron chi connectivity index (χ2n) is 8.38. The molecule has 1 heterocycles. The maximum absolute atomic E-state index is 12.8. The van der Waals surface area contributed by atoms with Gasteiger partial charge in [-0.25, -0.2) is 0 Å². The highest BCUT2D eigenvalue weighted by atomic mass is 16.5. The summed E-state index contributed by atoms with van der Waals surface area (Å²) < 4.78 is 17.7. The zero-order valence-corrected chi connectivity index (χ0v) is 20.2. The maximum Gasteiger partial charge on any atom is 0.294 e. The predicted molar refractivity (Wildman–Crippen MR) is 139 cm³/mol. The van der Waals surface area contributed by atoms with Gasteiger partial charge in [0.1, 0.15) is 25.6 Å². The summed E-state index contributed by atoms with van der Waals surface area (Å²) in [6, 6.07) is 15.5. The standard InChI is InChI=1S/C29H33NO4/c1-5-17-32-28-27(33-18-16-22(4)11-9-10-21(2)3)25-15-14-24(19-26(25)30-29(28)31)34-20-23-12-7-6-8-13-23/h5-8,10,12-16,19H,1,9,11,17-18,20H2,2-4H3,(H,30,31)/b22-16+. The minimum atomic E-state index is -0.353. The minimum absolute atomic E-state index is 0.154. The van der Waals surface area contributed by atoms with Crippen LogP contribution < -0.4 is 19.8 Å². The van der Waals surface area contributed by atoms with Crippen LogP contribution in [0, 0.1) is 0 Å². The second-order valence-corrected chi connectivity index (χ2v) is 8.38. The zero-order chi connectivity index (χ0) is 24.3. The Hall–Kier alpha value is -3.73. The highest BCUT2D eigenvalue weighted by Gasteiger charge is 2.16. The van der Waals surface area contributed by atoms with Gasteiger partial charge in [0, 0.05) is 11.5 Å². The van der Waals surface area contributed by atoms with E-state index in [1.165, 1.54) is 11.1 Å². The van der Waals surface area contributed by atoms with E-state index in [0.717, 1.165) is 23.8 Å². The quantitative estimate of drug-likeness (QED) is 0.305. The number of rotatable bonds is 12. The monoisotopic (exact) mass is 459 g/mol. The Morgan fingerprint density at radius 2 is 1.71 bits per heavy atom. The molecule has 1 N–H and O–H groups in total. The van der Waals surface area contributed by atoms with Gasteiger partial charge >= 0.3 is 0 Å². The van der Waals surface area contributed by atoms with Crippen LogP contribution in [0.3, 0.4) is 0 Å². The van der Waals surface area contributed by atoms with Gasteiger partial charge in [0.2, 0.25) is 5.75 Å². The number of aromatic amines is 1. The lowest BCUT2D eigenvalue weighted by Gasteiger charge is -2.14. The predicted octanol–water partition coefficient (Wildman–Crippen LogP) is 6.74. The van der Waals surface area contributed by atoms with E-state index in [0.29, 0.717) is 30.2 Å². The molecule has 3 rings (SSSR count). The third-order valence-corrected chi connectivity index (χ3v) is 5.24. The van der Waals surface area contributed by atoms with Gasteiger partial charge < -0.3 is 19.2 Å². The number of H-pyrrole nitrogens is 1. The SMILES string of the molecule is C=CCOc1c(OC/C=C(\C)CCC=C(C)C)c2ccc(OCc3ccccc3)cc2[nH]c1=O. The molecule has 0 fully saturated rings. The third kappa shape index (κ3) is 7.14. The fraction of sp³-hybridized carbons (Fsp3) is 0.276. The van der Waals surface area contributed by atoms with Gasteiger partial charge in [0.25, 0.3) is 5.56 Å². The van der Waals surface area contributed by atoms with Crippen LogP contribution in [0.25, 0.3) is 10.9 Å². The smallest absolute Gasteiger partial charge is 0.294 e. The van der Waals surface area contributed by atoms with Crippen LogP contribution in [0.1, 0.15) is 39.2 Å². The van der Waals surface area contributed by atoms with E-state index in [1.807, 2.05) is 54.6 Å². The van der Waals surface area contributed by atoms with Crippen molar-refractivity contribution >= 4 is 10.9 Å². The number of pyridine rings is 1. The molecule has 34 heavy (non-hydrogen) atoms. The number of aromatic nitrogens is 1. The number of hydrogen-bond donors (Lipinski definition) is 1. The van der Waals surface area contributed by atoms with E-state index in [2.05, 4.69) is 38.4 Å². The van der Waals surface area contributed by atoms with Crippen molar-refractivity contribution in [1.82, 2.24) is 4.98 Å². The Bertz CT molecular complexity index is 1220. The van der Waals surface area contributed by atoms with Gasteiger partial charge in [-0.1, -0.05) is 60.2 Å². The number of nitrogens with one attached hydrogen (secondary N) is 1. The van der Waals surface area contributed by atoms with Crippen molar-refractivity contribution < 1.29 is 14.2 Å². The van der Waals surface area contributed by atoms with E-state index in [9.17, 15) is 4.79 Å². The molecule has 2 aromatic carbocycles. The molecule has 3 aromatic rings. The zero-order valence-electron chi connectivity index (χ0n) is 20.2. The highest BCUT2D eigenvalue weighted by Crippen LogP contribution is 2.33. The fourth-order valence-electron chi connectivity index (χ4n) is 3.43. The van der Waals surface area contributed by atoms with Crippen LogP contribution in [0.5, 0.6) is 17.2 Å². The first-order valence-electron chi connectivity index (χ1n) is 11.5. The summed E-state index contributed by atoms with van der Waals surface area (Å²) in [5, 5.41) is 0.751. The highest BCUT2D eigenvalue weighted by molar-refractivity contribution is 5.88. The van der Waals surface area contributed by atoms with Crippen molar-refractivity contribution in [3.63, 3.8) is 0 Å². The summed E-state index contributed by atoms with van der Waals surface area (Å²) in [6.07, 6.45) is 7.83. The van der Waals surface area contributed by atoms with Crippen LogP contribution >= 0.6 is 0 Å². The molecule has 0 amide bonds. The molecule has 0 saturated carbocycles. The first-order chi connectivity index (χ1) is 16.5. The van der Waals surface area contributed by atoms with E-state index in [4.69, 9.17) is 14.2 Å². The summed E-state index contributed by atoms with van der Waals surface area (Å²) in [6.45, 7) is 11.0. The lowest BCUT2D eigenvalue weighted by atomic mass is 10.1. The summed E-state index contributed by atoms with van der Waals surface area (Å²) in [5.41, 5.74) is 3.89. The summed E-state index contributed by atoms with van der Waals surface area (Å²) in [7, 11) is 0. The van der Waals surface area contributed by atoms with E-state index < -0.39 is 0 Å². The summed E-state index contributed by atoms with van der Waals surface area (Å²) >= 11 is 0. The molecule has 0 aliphatic rings. The van der Waals surface area contributed by atoms with Crippen LogP contribution in [0.2, 0.25) is 0 Å². The van der Waals surface area contributed by atoms with Gasteiger partial charge in [-0.15, -0.1) is 0 Å². The third-order valence-electron chi connectivity index (χ3n) is 5.24. The summed E-state index contributed by atoms with van der Waals surface area (Å²) in [5.74, 6) is 1.23. The molecular formula is C29H33NO4. The van der Waals surface area contributed by atoms with Crippen LogP contribution in [0.4, 0.5) is 0 Å². The fourth-order valence-corrected chi connectivity index (χ4v) is 3.43. The number of benzene rings is 2. The van der Waals surface area contributed by atoms with E-state index in [1.54, 1.807) is 6.08 Å². The van der Waals surface area contributed by atoms with E-state index >= 15 is 0 Å². The molecule has 0 saturated heterocycles. The first kappa shape index (κ1) is 24.9. The van der Waals surface area contributed by atoms with Gasteiger partial charge in [-0.3, -0.25) is 4.79 Å². The van der Waals surface area contributed by atoms with Crippen molar-refractivity contribution in [3.05, 3.63) is 100 Å². The van der Waals surface area contributed by atoms with E-state index in [-0.39, 0.29) is 17.9 Å². The molecule has 0 aliphatic heterocycles. The lowest BCUT2D eigenvalue weighted by Crippen LogP contribution is -2.14. The molecule has 0 bridgehead atoms. The van der Waals surface area contributed by atoms with Crippen molar-refractivity contribution in [2.24, 2.45) is 0 Å². The number of hydrogen-bond acceptors (Lipinski definition) is 4. The molecule has 0 atom stereocenters. The molecule has 0 radical (unpaired) electrons. The summed E-state index contributed by atoms with van der Waals surface area (Å²) in [4.78, 5) is 15.7. The van der Waals surface area contributed by atoms with Crippen molar-refractivity contribution in [2.45, 2.75) is 40.2 Å². The van der Waals surface area contributed by atoms with Gasteiger partial charge in [-0.2, -0.15) is 0 Å². The number of fused-ring (bicyclic) bond motifs is 1. The van der Waals surface area contributed by atoms with Crippen molar-refractivity contribution in [3.8, 4) is 17.2 Å². The Balaban J connectivity index is 1.83. The van der Waals surface area contributed by atoms with Crippen molar-refractivity contribution in [2.75, 3.05) is 13.2 Å². The number of allylic oxidation sites excluding steroid dienone is 3. The Morgan fingerprint density at radius 3 is 2.44 bits per heavy atom. The Labute approximate surface area is 201 Å². The molecule has 0 unspecified atom stereocenters. The number of ether oxygens (including phenoxy) is 3. The maximum atomic E-state index is 12.8. The molecule has 1 aromatic heterocycles. The molecule has 0 spiro atoms. The molecule has 0 aliphatic carbocycles. The average Bonchev–Trinajstić information content (AvgIpc) is 2.82. The Morgan fingerprint density at radius 1 is 0.941 bits per heavy atom. The molecule has 5 heteroatoms. The van der Waals surface area contributed by atoms with Crippen LogP contribution in [-0.4, -0.2) is 18.2 Å². The lowest BCUT2D eigenvalue weighted by molar-refractivity contribution is 0.304. The minimum Gasteiger partial charge on any atom is -0.489 e. The topological polar surface area (TPSA) is 60.6 Å². The first-order valence-corrected chi connectivity index (χ1v) is 11.5. The molecular weight excluding hydrogens is 426 g/mol. The van der Waals surface area contributed by atoms with Crippen LogP contribution in [-0.2, 0) is 6.61 Å². The molecule has 5 nitrogen and oxygen atoms in total. The largest absolute Gasteiger partial charge is 0.489 e. The normalized spacial score (nSPS) is 11.2. The van der Waals surface area contributed by atoms with Crippen LogP contribution in [0.15, 0.2) is 89.3 Å². The molecule has 178 valence electrons. The Kier molecular flexibility index (Phi) is 9.15. The van der Waals surface area contributed by atoms with Gasteiger partial charge in [0.05, 0.1) is 5.52 Å².